The van der Waals surface area contributed by atoms with Gasteiger partial charge in [-0.2, -0.15) is 30.3 Å². The Balaban J connectivity index is 0.00000176. The molecule has 0 heterocycles. The van der Waals surface area contributed by atoms with E-state index in [2.05, 4.69) is 12.1 Å². The molecule has 4 heteroatoms. The first kappa shape index (κ1) is 17.3. The molecule has 0 aliphatic heterocycles. The van der Waals surface area contributed by atoms with Crippen LogP contribution in [0.1, 0.15) is 0 Å². The Morgan fingerprint density at radius 3 is 2.23 bits per heavy atom. The van der Waals surface area contributed by atoms with Crippen molar-refractivity contribution in [2.75, 3.05) is 14.2 Å². The molecule has 0 amide bonds. The standard InChI is InChI=1S/C18H14O3.K/c1-20-17-10-14-13(12-6-4-3-5-7-12)8-9-16(19)15(14)11-18(17)21-2;/h3-6,9-11,19H,1-2H3;/q-2;+1. The van der Waals surface area contributed by atoms with Crippen molar-refractivity contribution in [3.05, 3.63) is 54.6 Å². The molecule has 3 aromatic rings. The molecule has 3 nitrogen and oxygen atoms in total. The van der Waals surface area contributed by atoms with E-state index < -0.39 is 0 Å². The zero-order valence-electron chi connectivity index (χ0n) is 12.8. The first-order chi connectivity index (χ1) is 10.2. The molecule has 0 radical (unpaired) electrons. The van der Waals surface area contributed by atoms with Crippen LogP contribution in [0, 0.1) is 12.1 Å². The van der Waals surface area contributed by atoms with Crippen molar-refractivity contribution >= 4 is 10.8 Å². The first-order valence-corrected chi connectivity index (χ1v) is 6.51. The molecular weight excluding hydrogens is 303 g/mol. The molecule has 3 rings (SSSR count). The molecule has 1 N–H and O–H groups in total. The predicted octanol–water partition coefficient (Wildman–Crippen LogP) is 0.834. The van der Waals surface area contributed by atoms with Gasteiger partial charge in [0, 0.05) is 5.75 Å². The van der Waals surface area contributed by atoms with E-state index in [4.69, 9.17) is 9.47 Å². The van der Waals surface area contributed by atoms with E-state index in [0.29, 0.717) is 16.9 Å². The van der Waals surface area contributed by atoms with Gasteiger partial charge in [0.1, 0.15) is 0 Å². The van der Waals surface area contributed by atoms with Crippen LogP contribution in [0.3, 0.4) is 0 Å². The summed E-state index contributed by atoms with van der Waals surface area (Å²) in [6, 6.07) is 19.1. The summed E-state index contributed by atoms with van der Waals surface area (Å²) >= 11 is 0. The van der Waals surface area contributed by atoms with Crippen LogP contribution in [0.25, 0.3) is 21.9 Å². The number of fused-ring (bicyclic) bond motifs is 1. The quantitative estimate of drug-likeness (QED) is 0.575. The number of methoxy groups -OCH3 is 2. The van der Waals surface area contributed by atoms with Crippen LogP contribution in [0.5, 0.6) is 17.2 Å². The Hall–Kier alpha value is -1.04. The van der Waals surface area contributed by atoms with Gasteiger partial charge in [-0.05, 0) is 6.07 Å². The number of rotatable bonds is 3. The molecule has 106 valence electrons. The first-order valence-electron chi connectivity index (χ1n) is 6.51. The molecule has 0 bridgehead atoms. The summed E-state index contributed by atoms with van der Waals surface area (Å²) in [5.41, 5.74) is 1.78. The van der Waals surface area contributed by atoms with Crippen LogP contribution in [-0.2, 0) is 0 Å². The summed E-state index contributed by atoms with van der Waals surface area (Å²) in [6.07, 6.45) is 0. The molecule has 0 atom stereocenters. The maximum Gasteiger partial charge on any atom is 1.00 e. The van der Waals surface area contributed by atoms with E-state index in [1.54, 1.807) is 26.4 Å². The third-order valence-electron chi connectivity index (χ3n) is 3.40. The topological polar surface area (TPSA) is 38.7 Å². The van der Waals surface area contributed by atoms with E-state index in [1.807, 2.05) is 30.3 Å². The minimum atomic E-state index is 0. The fourth-order valence-corrected chi connectivity index (χ4v) is 2.37. The fraction of sp³-hybridized carbons (Fsp3) is 0.111. The normalized spacial score (nSPS) is 10.1. The molecule has 0 unspecified atom stereocenters. The summed E-state index contributed by atoms with van der Waals surface area (Å²) in [4.78, 5) is 0. The average molecular weight is 317 g/mol. The van der Waals surface area contributed by atoms with E-state index in [1.165, 1.54) is 0 Å². The number of aromatic hydroxyl groups is 1. The van der Waals surface area contributed by atoms with Crippen LogP contribution >= 0.6 is 0 Å². The van der Waals surface area contributed by atoms with Gasteiger partial charge in [-0.1, -0.05) is 11.5 Å². The van der Waals surface area contributed by atoms with Crippen LogP contribution < -0.4 is 60.9 Å². The van der Waals surface area contributed by atoms with Crippen LogP contribution in [0.4, 0.5) is 0 Å². The predicted molar refractivity (Wildman–Crippen MR) is 81.8 cm³/mol. The smallest absolute Gasteiger partial charge is 0.551 e. The maximum atomic E-state index is 10.1. The second-order valence-corrected chi connectivity index (χ2v) is 4.58. The van der Waals surface area contributed by atoms with Crippen molar-refractivity contribution in [1.82, 2.24) is 0 Å². The van der Waals surface area contributed by atoms with Crippen LogP contribution in [0.15, 0.2) is 42.5 Å². The van der Waals surface area contributed by atoms with Crippen molar-refractivity contribution in [1.29, 1.82) is 0 Å². The van der Waals surface area contributed by atoms with E-state index >= 15 is 0 Å². The molecule has 0 saturated heterocycles. The van der Waals surface area contributed by atoms with Gasteiger partial charge < -0.3 is 14.6 Å². The Bertz CT molecular complexity index is 785. The number of hydrogen-bond acceptors (Lipinski definition) is 3. The van der Waals surface area contributed by atoms with Crippen molar-refractivity contribution in [2.45, 2.75) is 0 Å². The second kappa shape index (κ2) is 7.48. The number of phenolic OH excluding ortho intramolecular Hbond substituents is 1. The van der Waals surface area contributed by atoms with Crippen LogP contribution in [0.2, 0.25) is 0 Å². The second-order valence-electron chi connectivity index (χ2n) is 4.58. The van der Waals surface area contributed by atoms with Crippen LogP contribution in [-0.4, -0.2) is 19.3 Å². The summed E-state index contributed by atoms with van der Waals surface area (Å²) in [6.45, 7) is 0. The summed E-state index contributed by atoms with van der Waals surface area (Å²) < 4.78 is 10.6. The van der Waals surface area contributed by atoms with Crippen molar-refractivity contribution < 1.29 is 66.0 Å². The summed E-state index contributed by atoms with van der Waals surface area (Å²) in [7, 11) is 3.16. The van der Waals surface area contributed by atoms with Gasteiger partial charge >= 0.3 is 51.4 Å². The van der Waals surface area contributed by atoms with Gasteiger partial charge in [0.25, 0.3) is 0 Å². The molecule has 22 heavy (non-hydrogen) atoms. The summed E-state index contributed by atoms with van der Waals surface area (Å²) in [5, 5.41) is 11.6. The van der Waals surface area contributed by atoms with Gasteiger partial charge in [0.15, 0.2) is 11.5 Å². The maximum absolute atomic E-state index is 10.1. The van der Waals surface area contributed by atoms with Gasteiger partial charge in [0.2, 0.25) is 0 Å². The minimum Gasteiger partial charge on any atom is -0.551 e. The largest absolute Gasteiger partial charge is 1.00 e. The Kier molecular flexibility index (Phi) is 5.89. The van der Waals surface area contributed by atoms with E-state index in [0.717, 1.165) is 16.5 Å². The average Bonchev–Trinajstić information content (AvgIpc) is 2.55. The number of ether oxygens (including phenoxy) is 2. The fourth-order valence-electron chi connectivity index (χ4n) is 2.37. The van der Waals surface area contributed by atoms with Gasteiger partial charge in [-0.3, -0.25) is 0 Å². The van der Waals surface area contributed by atoms with E-state index in [-0.39, 0.29) is 57.1 Å². The van der Waals surface area contributed by atoms with Crippen molar-refractivity contribution in [3.63, 3.8) is 0 Å². The molecule has 0 aliphatic rings. The molecule has 0 saturated carbocycles. The van der Waals surface area contributed by atoms with Crippen molar-refractivity contribution in [2.24, 2.45) is 0 Å². The van der Waals surface area contributed by atoms with Crippen molar-refractivity contribution in [3.8, 4) is 28.4 Å². The number of hydrogen-bond donors (Lipinski definition) is 1. The molecule has 0 fully saturated rings. The summed E-state index contributed by atoms with van der Waals surface area (Å²) in [5.74, 6) is 1.35. The zero-order valence-corrected chi connectivity index (χ0v) is 15.9. The molecule has 0 aliphatic carbocycles. The van der Waals surface area contributed by atoms with E-state index in [9.17, 15) is 5.11 Å². The Morgan fingerprint density at radius 1 is 0.955 bits per heavy atom. The molecular formula is C18H14KO3-. The third kappa shape index (κ3) is 3.16. The van der Waals surface area contributed by atoms with Gasteiger partial charge in [-0.25, -0.2) is 11.1 Å². The minimum absolute atomic E-state index is 0. The molecule has 3 aromatic carbocycles. The monoisotopic (exact) mass is 317 g/mol. The SMILES string of the molecule is COc1cc2c(-c3[c-]cccc3)[c-]cc(O)c2cc1OC.[K+]. The Morgan fingerprint density at radius 2 is 1.64 bits per heavy atom. The Labute approximate surface area is 172 Å². The molecule has 0 spiro atoms. The van der Waals surface area contributed by atoms with Gasteiger partial charge in [0.05, 0.1) is 14.2 Å². The van der Waals surface area contributed by atoms with Gasteiger partial charge in [-0.15, -0.1) is 17.5 Å². The number of phenols is 1. The zero-order chi connectivity index (χ0) is 14.8. The molecule has 0 aromatic heterocycles. The number of benzene rings is 3. The third-order valence-corrected chi connectivity index (χ3v) is 3.40.